The predicted octanol–water partition coefficient (Wildman–Crippen LogP) is 3.45. The van der Waals surface area contributed by atoms with Crippen molar-refractivity contribution in [1.29, 1.82) is 0 Å². The maximum atomic E-state index is 13.9. The minimum atomic E-state index is -0.606. The van der Waals surface area contributed by atoms with Gasteiger partial charge in [-0.05, 0) is 24.6 Å². The zero-order chi connectivity index (χ0) is 14.3. The Labute approximate surface area is 116 Å². The van der Waals surface area contributed by atoms with Gasteiger partial charge in [0, 0.05) is 29.2 Å². The molecule has 0 saturated carbocycles. The number of nitrogens with two attached hydrogens (primary N) is 1. The van der Waals surface area contributed by atoms with E-state index in [9.17, 15) is 8.78 Å². The number of hydrogen-bond acceptors (Lipinski definition) is 2. The minimum absolute atomic E-state index is 0.120. The van der Waals surface area contributed by atoms with Gasteiger partial charge in [-0.3, -0.25) is 0 Å². The van der Waals surface area contributed by atoms with Gasteiger partial charge in [-0.2, -0.15) is 0 Å². The largest absolute Gasteiger partial charge is 0.493 e. The number of benzene rings is 2. The van der Waals surface area contributed by atoms with E-state index in [0.29, 0.717) is 17.7 Å². The van der Waals surface area contributed by atoms with E-state index in [1.165, 1.54) is 6.07 Å². The van der Waals surface area contributed by atoms with Crippen LogP contribution < -0.4 is 10.5 Å². The molecular formula is C16H15F2NO. The summed E-state index contributed by atoms with van der Waals surface area (Å²) in [5.74, 6) is -0.496. The lowest BCUT2D eigenvalue weighted by atomic mass is 9.88. The van der Waals surface area contributed by atoms with Crippen LogP contribution in [0.5, 0.6) is 5.75 Å². The molecule has 4 heteroatoms. The highest BCUT2D eigenvalue weighted by Crippen LogP contribution is 2.40. The van der Waals surface area contributed by atoms with Gasteiger partial charge in [0.1, 0.15) is 17.4 Å². The average Bonchev–Trinajstić information content (AvgIpc) is 2.86. The van der Waals surface area contributed by atoms with Crippen molar-refractivity contribution >= 4 is 0 Å². The maximum absolute atomic E-state index is 13.9. The summed E-state index contributed by atoms with van der Waals surface area (Å²) >= 11 is 0. The van der Waals surface area contributed by atoms with E-state index in [1.807, 2.05) is 24.3 Å². The number of fused-ring (bicyclic) bond motifs is 1. The molecule has 0 saturated heterocycles. The number of ether oxygens (including phenoxy) is 1. The van der Waals surface area contributed by atoms with Crippen molar-refractivity contribution in [2.45, 2.75) is 18.9 Å². The van der Waals surface area contributed by atoms with Gasteiger partial charge in [-0.25, -0.2) is 8.78 Å². The summed E-state index contributed by atoms with van der Waals surface area (Å²) in [7, 11) is 0. The summed E-state index contributed by atoms with van der Waals surface area (Å²) in [5, 5.41) is 0. The molecule has 1 aliphatic heterocycles. The van der Waals surface area contributed by atoms with E-state index in [4.69, 9.17) is 10.5 Å². The van der Waals surface area contributed by atoms with Gasteiger partial charge in [-0.1, -0.05) is 18.2 Å². The first kappa shape index (κ1) is 13.1. The zero-order valence-corrected chi connectivity index (χ0v) is 11.1. The number of halogens is 2. The molecule has 2 atom stereocenters. The molecule has 0 fully saturated rings. The van der Waals surface area contributed by atoms with Crippen LogP contribution in [0, 0.1) is 18.6 Å². The summed E-state index contributed by atoms with van der Waals surface area (Å²) < 4.78 is 32.9. The van der Waals surface area contributed by atoms with Crippen molar-refractivity contribution in [1.82, 2.24) is 0 Å². The van der Waals surface area contributed by atoms with Gasteiger partial charge in [0.15, 0.2) is 0 Å². The molecule has 2 aromatic rings. The second-order valence-electron chi connectivity index (χ2n) is 5.10. The number of hydrogen-bond donors (Lipinski definition) is 1. The summed E-state index contributed by atoms with van der Waals surface area (Å²) in [6.45, 7) is 2.01. The molecule has 2 aromatic carbocycles. The maximum Gasteiger partial charge on any atom is 0.130 e. The van der Waals surface area contributed by atoms with Crippen molar-refractivity contribution in [2.75, 3.05) is 6.61 Å². The molecule has 0 aliphatic carbocycles. The molecule has 0 bridgehead atoms. The molecule has 20 heavy (non-hydrogen) atoms. The summed E-state index contributed by atoms with van der Waals surface area (Å²) in [5.41, 5.74) is 7.89. The van der Waals surface area contributed by atoms with Crippen LogP contribution in [0.1, 0.15) is 28.7 Å². The van der Waals surface area contributed by atoms with Crippen molar-refractivity contribution < 1.29 is 13.5 Å². The minimum Gasteiger partial charge on any atom is -0.493 e. The van der Waals surface area contributed by atoms with Crippen LogP contribution in [0.25, 0.3) is 0 Å². The summed E-state index contributed by atoms with van der Waals surface area (Å²) in [6.07, 6.45) is 0. The Kier molecular flexibility index (Phi) is 3.18. The average molecular weight is 275 g/mol. The van der Waals surface area contributed by atoms with Crippen LogP contribution in [0.2, 0.25) is 0 Å². The molecule has 0 amide bonds. The Morgan fingerprint density at radius 2 is 1.95 bits per heavy atom. The van der Waals surface area contributed by atoms with Crippen LogP contribution in [-0.4, -0.2) is 6.61 Å². The quantitative estimate of drug-likeness (QED) is 0.911. The molecule has 104 valence electrons. The van der Waals surface area contributed by atoms with E-state index >= 15 is 0 Å². The molecule has 0 spiro atoms. The van der Waals surface area contributed by atoms with E-state index in [0.717, 1.165) is 17.4 Å². The smallest absolute Gasteiger partial charge is 0.130 e. The molecule has 0 aromatic heterocycles. The molecule has 3 rings (SSSR count). The third kappa shape index (κ3) is 2.06. The molecular weight excluding hydrogens is 260 g/mol. The van der Waals surface area contributed by atoms with Gasteiger partial charge >= 0.3 is 0 Å². The second-order valence-corrected chi connectivity index (χ2v) is 5.10. The molecule has 2 N–H and O–H groups in total. The fourth-order valence-corrected chi connectivity index (χ4v) is 2.64. The van der Waals surface area contributed by atoms with Crippen LogP contribution in [0.3, 0.4) is 0 Å². The third-order valence-corrected chi connectivity index (χ3v) is 3.81. The van der Waals surface area contributed by atoms with Gasteiger partial charge < -0.3 is 10.5 Å². The standard InChI is InChI=1S/C16H15F2NO/c1-9-6-11(14(18)7-13(9)17)16(19)12-8-20-15-5-3-2-4-10(12)15/h2-7,12,16H,8,19H2,1H3. The zero-order valence-electron chi connectivity index (χ0n) is 11.1. The molecule has 1 heterocycles. The fraction of sp³-hybridized carbons (Fsp3) is 0.250. The van der Waals surface area contributed by atoms with Gasteiger partial charge in [0.2, 0.25) is 0 Å². The Morgan fingerprint density at radius 1 is 1.20 bits per heavy atom. The van der Waals surface area contributed by atoms with E-state index in [2.05, 4.69) is 0 Å². The Bertz CT molecular complexity index is 657. The van der Waals surface area contributed by atoms with Crippen LogP contribution in [-0.2, 0) is 0 Å². The lowest BCUT2D eigenvalue weighted by Gasteiger charge is -2.20. The topological polar surface area (TPSA) is 35.2 Å². The van der Waals surface area contributed by atoms with E-state index in [1.54, 1.807) is 6.92 Å². The highest BCUT2D eigenvalue weighted by Gasteiger charge is 2.31. The molecule has 2 unspecified atom stereocenters. The van der Waals surface area contributed by atoms with Gasteiger partial charge in [0.05, 0.1) is 6.61 Å². The van der Waals surface area contributed by atoms with Crippen LogP contribution >= 0.6 is 0 Å². The second kappa shape index (κ2) is 4.87. The van der Waals surface area contributed by atoms with E-state index < -0.39 is 17.7 Å². The van der Waals surface area contributed by atoms with Crippen LogP contribution in [0.15, 0.2) is 36.4 Å². The SMILES string of the molecule is Cc1cc(C(N)C2COc3ccccc32)c(F)cc1F. The summed E-state index contributed by atoms with van der Waals surface area (Å²) in [6, 6.07) is 9.41. The third-order valence-electron chi connectivity index (χ3n) is 3.81. The summed E-state index contributed by atoms with van der Waals surface area (Å²) in [4.78, 5) is 0. The van der Waals surface area contributed by atoms with Crippen molar-refractivity contribution in [3.05, 3.63) is 64.7 Å². The first-order valence-electron chi connectivity index (χ1n) is 6.51. The normalized spacial score (nSPS) is 18.5. The first-order valence-corrected chi connectivity index (χ1v) is 6.51. The fourth-order valence-electron chi connectivity index (χ4n) is 2.64. The lowest BCUT2D eigenvalue weighted by molar-refractivity contribution is 0.313. The van der Waals surface area contributed by atoms with E-state index in [-0.39, 0.29) is 5.92 Å². The number of para-hydroxylation sites is 1. The van der Waals surface area contributed by atoms with Crippen molar-refractivity contribution in [3.8, 4) is 5.75 Å². The van der Waals surface area contributed by atoms with Crippen molar-refractivity contribution in [2.24, 2.45) is 5.73 Å². The van der Waals surface area contributed by atoms with Gasteiger partial charge in [-0.15, -0.1) is 0 Å². The Hall–Kier alpha value is -1.94. The highest BCUT2D eigenvalue weighted by molar-refractivity contribution is 5.42. The lowest BCUT2D eigenvalue weighted by Crippen LogP contribution is -2.22. The Morgan fingerprint density at radius 3 is 2.75 bits per heavy atom. The van der Waals surface area contributed by atoms with Gasteiger partial charge in [0.25, 0.3) is 0 Å². The van der Waals surface area contributed by atoms with Crippen LogP contribution in [0.4, 0.5) is 8.78 Å². The highest BCUT2D eigenvalue weighted by atomic mass is 19.1. The monoisotopic (exact) mass is 275 g/mol. The molecule has 1 aliphatic rings. The van der Waals surface area contributed by atoms with Crippen molar-refractivity contribution in [3.63, 3.8) is 0 Å². The first-order chi connectivity index (χ1) is 9.58. The Balaban J connectivity index is 1.98. The number of rotatable bonds is 2. The predicted molar refractivity (Wildman–Crippen MR) is 72.7 cm³/mol. The molecule has 2 nitrogen and oxygen atoms in total. The molecule has 0 radical (unpaired) electrons. The number of aryl methyl sites for hydroxylation is 1.